The van der Waals surface area contributed by atoms with Gasteiger partial charge < -0.3 is 19.7 Å². The molecule has 0 unspecified atom stereocenters. The second-order valence-electron chi connectivity index (χ2n) is 5.40. The normalized spacial score (nSPS) is 14.5. The fourth-order valence-corrected chi connectivity index (χ4v) is 2.39. The van der Waals surface area contributed by atoms with Crippen molar-refractivity contribution in [2.75, 3.05) is 50.2 Å². The first kappa shape index (κ1) is 16.4. The molecule has 1 saturated heterocycles. The molecule has 3 rings (SSSR count). The van der Waals surface area contributed by atoms with Crippen LogP contribution in [0.15, 0.2) is 18.3 Å². The molecule has 2 aromatic heterocycles. The van der Waals surface area contributed by atoms with Gasteiger partial charge in [0.1, 0.15) is 5.82 Å². The Kier molecular flexibility index (Phi) is 5.37. The zero-order valence-electron chi connectivity index (χ0n) is 14.0. The smallest absolute Gasteiger partial charge is 0.321 e. The predicted octanol–water partition coefficient (Wildman–Crippen LogP) is 1.60. The zero-order valence-corrected chi connectivity index (χ0v) is 14.0. The molecule has 0 spiro atoms. The van der Waals surface area contributed by atoms with Crippen molar-refractivity contribution in [1.82, 2.24) is 19.9 Å². The van der Waals surface area contributed by atoms with Gasteiger partial charge in [0.25, 0.3) is 0 Å². The standard InChI is InChI=1S/C16H22N6O2/c1-3-6-17-15-19-14(20-16(21-15)23-2)12-4-5-13(18-11-12)22-7-9-24-10-8-22/h4-5,11H,3,6-10H2,1-2H3,(H,17,19,20,21). The largest absolute Gasteiger partial charge is 0.467 e. The molecule has 0 aliphatic carbocycles. The van der Waals surface area contributed by atoms with Crippen molar-refractivity contribution in [3.63, 3.8) is 0 Å². The van der Waals surface area contributed by atoms with Gasteiger partial charge in [-0.2, -0.15) is 15.0 Å². The van der Waals surface area contributed by atoms with E-state index in [2.05, 4.69) is 37.1 Å². The second-order valence-corrected chi connectivity index (χ2v) is 5.40. The summed E-state index contributed by atoms with van der Waals surface area (Å²) in [7, 11) is 1.54. The van der Waals surface area contributed by atoms with E-state index in [0.717, 1.165) is 50.7 Å². The molecule has 1 aliphatic rings. The maximum atomic E-state index is 5.37. The fourth-order valence-electron chi connectivity index (χ4n) is 2.39. The van der Waals surface area contributed by atoms with Crippen LogP contribution in [0.1, 0.15) is 13.3 Å². The maximum absolute atomic E-state index is 5.37. The fraction of sp³-hybridized carbons (Fsp3) is 0.500. The lowest BCUT2D eigenvalue weighted by atomic mass is 10.2. The summed E-state index contributed by atoms with van der Waals surface area (Å²) in [6.07, 6.45) is 2.77. The number of ether oxygens (including phenoxy) is 2. The Morgan fingerprint density at radius 2 is 2.04 bits per heavy atom. The van der Waals surface area contributed by atoms with Crippen LogP contribution in [0.2, 0.25) is 0 Å². The van der Waals surface area contributed by atoms with Crippen LogP contribution >= 0.6 is 0 Å². The van der Waals surface area contributed by atoms with E-state index in [4.69, 9.17) is 9.47 Å². The van der Waals surface area contributed by atoms with Gasteiger partial charge in [0.15, 0.2) is 5.82 Å². The van der Waals surface area contributed by atoms with Crippen molar-refractivity contribution in [2.24, 2.45) is 0 Å². The van der Waals surface area contributed by atoms with Crippen LogP contribution in [0.25, 0.3) is 11.4 Å². The summed E-state index contributed by atoms with van der Waals surface area (Å²) in [6, 6.07) is 4.24. The summed E-state index contributed by atoms with van der Waals surface area (Å²) < 4.78 is 10.5. The molecule has 0 amide bonds. The summed E-state index contributed by atoms with van der Waals surface area (Å²) in [5, 5.41) is 3.16. The summed E-state index contributed by atoms with van der Waals surface area (Å²) in [4.78, 5) is 19.7. The third-order valence-corrected chi connectivity index (χ3v) is 3.67. The predicted molar refractivity (Wildman–Crippen MR) is 91.4 cm³/mol. The van der Waals surface area contributed by atoms with Crippen LogP contribution in [0.3, 0.4) is 0 Å². The molecule has 8 nitrogen and oxygen atoms in total. The number of morpholine rings is 1. The number of hydrogen-bond acceptors (Lipinski definition) is 8. The lowest BCUT2D eigenvalue weighted by Crippen LogP contribution is -2.36. The van der Waals surface area contributed by atoms with Gasteiger partial charge in [-0.3, -0.25) is 0 Å². The van der Waals surface area contributed by atoms with Gasteiger partial charge in [-0.15, -0.1) is 0 Å². The molecule has 24 heavy (non-hydrogen) atoms. The molecule has 0 aromatic carbocycles. The van der Waals surface area contributed by atoms with E-state index >= 15 is 0 Å². The molecule has 3 heterocycles. The first-order valence-electron chi connectivity index (χ1n) is 8.13. The number of nitrogens with one attached hydrogen (secondary N) is 1. The average molecular weight is 330 g/mol. The molecule has 8 heteroatoms. The van der Waals surface area contributed by atoms with Crippen molar-refractivity contribution in [3.05, 3.63) is 18.3 Å². The Bertz CT molecular complexity index is 658. The van der Waals surface area contributed by atoms with Crippen LogP contribution in [-0.4, -0.2) is 59.9 Å². The van der Waals surface area contributed by atoms with Crippen molar-refractivity contribution >= 4 is 11.8 Å². The zero-order chi connectivity index (χ0) is 16.8. The van der Waals surface area contributed by atoms with Crippen molar-refractivity contribution in [3.8, 4) is 17.4 Å². The third kappa shape index (κ3) is 3.88. The van der Waals surface area contributed by atoms with E-state index in [0.29, 0.717) is 11.8 Å². The molecule has 1 N–H and O–H groups in total. The van der Waals surface area contributed by atoms with Gasteiger partial charge >= 0.3 is 6.01 Å². The SMILES string of the molecule is CCCNc1nc(OC)nc(-c2ccc(N3CCOCC3)nc2)n1. The average Bonchev–Trinajstić information content (AvgIpc) is 2.67. The molecule has 0 saturated carbocycles. The molecule has 1 aliphatic heterocycles. The van der Waals surface area contributed by atoms with Gasteiger partial charge in [-0.25, -0.2) is 4.98 Å². The summed E-state index contributed by atoms with van der Waals surface area (Å²) >= 11 is 0. The monoisotopic (exact) mass is 330 g/mol. The van der Waals surface area contributed by atoms with Crippen LogP contribution in [0.4, 0.5) is 11.8 Å². The molecule has 0 bridgehead atoms. The number of aromatic nitrogens is 4. The van der Waals surface area contributed by atoms with Gasteiger partial charge in [-0.1, -0.05) is 6.92 Å². The van der Waals surface area contributed by atoms with E-state index in [1.54, 1.807) is 13.3 Å². The van der Waals surface area contributed by atoms with E-state index < -0.39 is 0 Å². The third-order valence-electron chi connectivity index (χ3n) is 3.67. The lowest BCUT2D eigenvalue weighted by Gasteiger charge is -2.27. The number of pyridine rings is 1. The number of nitrogens with zero attached hydrogens (tertiary/aromatic N) is 5. The lowest BCUT2D eigenvalue weighted by molar-refractivity contribution is 0.122. The van der Waals surface area contributed by atoms with Gasteiger partial charge in [-0.05, 0) is 18.6 Å². The summed E-state index contributed by atoms with van der Waals surface area (Å²) in [6.45, 7) is 6.07. The maximum Gasteiger partial charge on any atom is 0.321 e. The van der Waals surface area contributed by atoms with Gasteiger partial charge in [0, 0.05) is 31.4 Å². The van der Waals surface area contributed by atoms with Gasteiger partial charge in [0.2, 0.25) is 5.95 Å². The van der Waals surface area contributed by atoms with Crippen molar-refractivity contribution in [1.29, 1.82) is 0 Å². The molecule has 128 valence electrons. The highest BCUT2D eigenvalue weighted by atomic mass is 16.5. The topological polar surface area (TPSA) is 85.3 Å². The molecular weight excluding hydrogens is 308 g/mol. The number of methoxy groups -OCH3 is 1. The van der Waals surface area contributed by atoms with E-state index in [1.165, 1.54) is 0 Å². The second kappa shape index (κ2) is 7.87. The molecule has 0 radical (unpaired) electrons. The molecule has 1 fully saturated rings. The van der Waals surface area contributed by atoms with E-state index in [1.807, 2.05) is 12.1 Å². The Labute approximate surface area is 141 Å². The minimum absolute atomic E-state index is 0.288. The first-order chi connectivity index (χ1) is 11.8. The Hall–Kier alpha value is -2.48. The first-order valence-corrected chi connectivity index (χ1v) is 8.13. The van der Waals surface area contributed by atoms with Crippen LogP contribution < -0.4 is 15.0 Å². The number of rotatable bonds is 6. The quantitative estimate of drug-likeness (QED) is 0.855. The van der Waals surface area contributed by atoms with Gasteiger partial charge in [0.05, 0.1) is 20.3 Å². The highest BCUT2D eigenvalue weighted by Gasteiger charge is 2.14. The summed E-state index contributed by atoms with van der Waals surface area (Å²) in [5.74, 6) is 1.99. The van der Waals surface area contributed by atoms with E-state index in [-0.39, 0.29) is 6.01 Å². The van der Waals surface area contributed by atoms with Crippen molar-refractivity contribution in [2.45, 2.75) is 13.3 Å². The van der Waals surface area contributed by atoms with Crippen LogP contribution in [0.5, 0.6) is 6.01 Å². The minimum atomic E-state index is 0.288. The van der Waals surface area contributed by atoms with Crippen molar-refractivity contribution < 1.29 is 9.47 Å². The minimum Gasteiger partial charge on any atom is -0.467 e. The van der Waals surface area contributed by atoms with Crippen LogP contribution in [-0.2, 0) is 4.74 Å². The highest BCUT2D eigenvalue weighted by molar-refractivity contribution is 5.58. The highest BCUT2D eigenvalue weighted by Crippen LogP contribution is 2.21. The Balaban J connectivity index is 1.82. The van der Waals surface area contributed by atoms with E-state index in [9.17, 15) is 0 Å². The molecule has 0 atom stereocenters. The molecular formula is C16H22N6O2. The molecule has 2 aromatic rings. The Morgan fingerprint density at radius 1 is 1.21 bits per heavy atom. The number of hydrogen-bond donors (Lipinski definition) is 1. The summed E-state index contributed by atoms with van der Waals surface area (Å²) in [5.41, 5.74) is 0.826. The number of anilines is 2. The van der Waals surface area contributed by atoms with Crippen LogP contribution in [0, 0.1) is 0 Å². The Morgan fingerprint density at radius 3 is 2.71 bits per heavy atom.